The number of hydrogen-bond acceptors (Lipinski definition) is 6. The van der Waals surface area contributed by atoms with E-state index in [2.05, 4.69) is 22.1 Å². The first-order chi connectivity index (χ1) is 14.1. The summed E-state index contributed by atoms with van der Waals surface area (Å²) in [5, 5.41) is 4.39. The minimum atomic E-state index is -0.249. The van der Waals surface area contributed by atoms with Crippen LogP contribution < -0.4 is 5.32 Å². The van der Waals surface area contributed by atoms with Gasteiger partial charge in [-0.1, -0.05) is 18.3 Å². The fraction of sp³-hybridized carbons (Fsp3) is 0.381. The fourth-order valence-corrected chi connectivity index (χ4v) is 5.13. The minimum absolute atomic E-state index is 0.249. The van der Waals surface area contributed by atoms with E-state index in [0.717, 1.165) is 50.9 Å². The standard InChI is InChI=1S/C21H23FN6S/c1-3-28-10-4-5-15(28)11-23-19-16-18(27(2)12-24-16)17-21(26-19)29-20(25-17)13-6-8-14(22)9-7-13/h6-9,12,15H,3-5,10-11H2,1-2H3,(H,23,26). The highest BCUT2D eigenvalue weighted by Gasteiger charge is 2.24. The van der Waals surface area contributed by atoms with Gasteiger partial charge in [0.25, 0.3) is 0 Å². The van der Waals surface area contributed by atoms with Gasteiger partial charge in [-0.3, -0.25) is 4.90 Å². The molecule has 1 aliphatic rings. The lowest BCUT2D eigenvalue weighted by molar-refractivity contribution is 0.277. The van der Waals surface area contributed by atoms with Gasteiger partial charge in [0.2, 0.25) is 0 Å². The molecule has 0 radical (unpaired) electrons. The number of benzene rings is 1. The fourth-order valence-electron chi connectivity index (χ4n) is 4.18. The number of aromatic nitrogens is 4. The molecule has 1 aliphatic heterocycles. The molecule has 0 saturated carbocycles. The normalized spacial score (nSPS) is 17.6. The summed E-state index contributed by atoms with van der Waals surface area (Å²) in [4.78, 5) is 17.6. The zero-order chi connectivity index (χ0) is 20.0. The Morgan fingerprint density at radius 3 is 2.83 bits per heavy atom. The van der Waals surface area contributed by atoms with Crippen LogP contribution in [0, 0.1) is 5.82 Å². The lowest BCUT2D eigenvalue weighted by atomic mass is 10.2. The Labute approximate surface area is 172 Å². The molecule has 1 aromatic carbocycles. The smallest absolute Gasteiger partial charge is 0.156 e. The molecule has 1 fully saturated rings. The lowest BCUT2D eigenvalue weighted by Crippen LogP contribution is -2.34. The number of nitrogens with zero attached hydrogens (tertiary/aromatic N) is 5. The van der Waals surface area contributed by atoms with Crippen LogP contribution in [-0.4, -0.2) is 50.1 Å². The van der Waals surface area contributed by atoms with Gasteiger partial charge >= 0.3 is 0 Å². The second kappa shape index (κ2) is 7.35. The van der Waals surface area contributed by atoms with Gasteiger partial charge in [0.05, 0.1) is 6.33 Å². The predicted octanol–water partition coefficient (Wildman–Crippen LogP) is 4.28. The largest absolute Gasteiger partial charge is 0.367 e. The molecule has 0 aliphatic carbocycles. The van der Waals surface area contributed by atoms with Gasteiger partial charge in [-0.15, -0.1) is 0 Å². The molecule has 0 bridgehead atoms. The summed E-state index contributed by atoms with van der Waals surface area (Å²) >= 11 is 1.52. The summed E-state index contributed by atoms with van der Waals surface area (Å²) in [7, 11) is 1.98. The van der Waals surface area contributed by atoms with Crippen molar-refractivity contribution in [1.82, 2.24) is 24.4 Å². The van der Waals surface area contributed by atoms with Gasteiger partial charge in [-0.2, -0.15) is 0 Å². The Morgan fingerprint density at radius 1 is 1.21 bits per heavy atom. The molecule has 6 nitrogen and oxygen atoms in total. The monoisotopic (exact) mass is 410 g/mol. The van der Waals surface area contributed by atoms with Crippen LogP contribution in [0.1, 0.15) is 19.8 Å². The molecule has 29 heavy (non-hydrogen) atoms. The van der Waals surface area contributed by atoms with E-state index in [-0.39, 0.29) is 5.82 Å². The number of rotatable bonds is 5. The number of fused-ring (bicyclic) bond motifs is 3. The van der Waals surface area contributed by atoms with Crippen LogP contribution in [-0.2, 0) is 7.05 Å². The first-order valence-corrected chi connectivity index (χ1v) is 10.8. The molecule has 1 atom stereocenters. The van der Waals surface area contributed by atoms with E-state index in [1.165, 1.54) is 42.9 Å². The van der Waals surface area contributed by atoms with Crippen LogP contribution in [0.5, 0.6) is 0 Å². The number of likely N-dealkylation sites (N-methyl/N-ethyl adjacent to an activating group) is 1. The van der Waals surface area contributed by atoms with Crippen molar-refractivity contribution in [2.75, 3.05) is 25.0 Å². The van der Waals surface area contributed by atoms with Crippen LogP contribution in [0.2, 0.25) is 0 Å². The van der Waals surface area contributed by atoms with Gasteiger partial charge in [0, 0.05) is 25.2 Å². The van der Waals surface area contributed by atoms with Crippen molar-refractivity contribution in [2.45, 2.75) is 25.8 Å². The number of anilines is 1. The highest BCUT2D eigenvalue weighted by molar-refractivity contribution is 7.21. The third-order valence-electron chi connectivity index (χ3n) is 5.71. The number of pyridine rings is 1. The average Bonchev–Trinajstić information content (AvgIpc) is 3.44. The second-order valence-electron chi connectivity index (χ2n) is 7.50. The van der Waals surface area contributed by atoms with Gasteiger partial charge in [-0.25, -0.2) is 19.3 Å². The number of aryl methyl sites for hydroxylation is 1. The van der Waals surface area contributed by atoms with Crippen molar-refractivity contribution in [3.05, 3.63) is 36.4 Å². The second-order valence-corrected chi connectivity index (χ2v) is 8.48. The maximum Gasteiger partial charge on any atom is 0.156 e. The average molecular weight is 411 g/mol. The number of nitrogens with one attached hydrogen (secondary N) is 1. The van der Waals surface area contributed by atoms with Crippen LogP contribution in [0.25, 0.3) is 32.0 Å². The molecule has 1 unspecified atom stereocenters. The van der Waals surface area contributed by atoms with E-state index in [9.17, 15) is 4.39 Å². The number of thiazole rings is 1. The summed E-state index contributed by atoms with van der Waals surface area (Å²) in [6, 6.07) is 6.97. The summed E-state index contributed by atoms with van der Waals surface area (Å²) in [5.41, 5.74) is 3.55. The molecule has 1 N–H and O–H groups in total. The maximum absolute atomic E-state index is 13.3. The molecule has 8 heteroatoms. The molecule has 4 heterocycles. The number of halogens is 1. The Morgan fingerprint density at radius 2 is 2.03 bits per heavy atom. The number of hydrogen-bond donors (Lipinski definition) is 1. The number of likely N-dealkylation sites (tertiary alicyclic amines) is 1. The number of imidazole rings is 1. The van der Waals surface area contributed by atoms with Crippen LogP contribution in [0.15, 0.2) is 30.6 Å². The highest BCUT2D eigenvalue weighted by Crippen LogP contribution is 2.35. The zero-order valence-corrected chi connectivity index (χ0v) is 17.3. The zero-order valence-electron chi connectivity index (χ0n) is 16.5. The Bertz CT molecular complexity index is 1170. The molecule has 3 aromatic heterocycles. The van der Waals surface area contributed by atoms with Gasteiger partial charge < -0.3 is 9.88 Å². The molecule has 4 aromatic rings. The van der Waals surface area contributed by atoms with Crippen LogP contribution in [0.3, 0.4) is 0 Å². The molecule has 5 rings (SSSR count). The third-order valence-corrected chi connectivity index (χ3v) is 6.71. The van der Waals surface area contributed by atoms with Crippen molar-refractivity contribution in [3.63, 3.8) is 0 Å². The predicted molar refractivity (Wildman–Crippen MR) is 116 cm³/mol. The third kappa shape index (κ3) is 3.26. The van der Waals surface area contributed by atoms with E-state index in [1.807, 2.05) is 17.9 Å². The van der Waals surface area contributed by atoms with Crippen molar-refractivity contribution in [1.29, 1.82) is 0 Å². The quantitative estimate of drug-likeness (QED) is 0.532. The van der Waals surface area contributed by atoms with Crippen molar-refractivity contribution in [2.24, 2.45) is 7.05 Å². The molecule has 0 spiro atoms. The molecular formula is C21H23FN6S. The minimum Gasteiger partial charge on any atom is -0.367 e. The van der Waals surface area contributed by atoms with E-state index in [1.54, 1.807) is 12.1 Å². The first-order valence-electron chi connectivity index (χ1n) is 9.99. The van der Waals surface area contributed by atoms with Gasteiger partial charge in [-0.05, 0) is 50.2 Å². The van der Waals surface area contributed by atoms with Gasteiger partial charge in [0.15, 0.2) is 5.82 Å². The van der Waals surface area contributed by atoms with E-state index < -0.39 is 0 Å². The Balaban J connectivity index is 1.55. The van der Waals surface area contributed by atoms with Crippen LogP contribution in [0.4, 0.5) is 10.2 Å². The summed E-state index contributed by atoms with van der Waals surface area (Å²) in [6.07, 6.45) is 4.27. The molecule has 1 saturated heterocycles. The van der Waals surface area contributed by atoms with E-state index in [0.29, 0.717) is 6.04 Å². The van der Waals surface area contributed by atoms with Gasteiger partial charge in [0.1, 0.15) is 32.2 Å². The molecular weight excluding hydrogens is 387 g/mol. The van der Waals surface area contributed by atoms with Crippen molar-refractivity contribution in [3.8, 4) is 10.6 Å². The van der Waals surface area contributed by atoms with Crippen LogP contribution >= 0.6 is 11.3 Å². The summed E-state index contributed by atoms with van der Waals surface area (Å²) in [6.45, 7) is 5.33. The highest BCUT2D eigenvalue weighted by atomic mass is 32.1. The first kappa shape index (κ1) is 18.4. The maximum atomic E-state index is 13.3. The van der Waals surface area contributed by atoms with Crippen molar-refractivity contribution < 1.29 is 4.39 Å². The van der Waals surface area contributed by atoms with Crippen molar-refractivity contribution >= 4 is 38.5 Å². The molecule has 0 amide bonds. The van der Waals surface area contributed by atoms with E-state index >= 15 is 0 Å². The SMILES string of the molecule is CCN1CCCC1CNc1nc2sc(-c3ccc(F)cc3)nc2c2c1ncn2C. The van der Waals surface area contributed by atoms with E-state index in [4.69, 9.17) is 9.97 Å². The Hall–Kier alpha value is -2.58. The summed E-state index contributed by atoms with van der Waals surface area (Å²) < 4.78 is 15.3. The Kier molecular flexibility index (Phi) is 4.67. The lowest BCUT2D eigenvalue weighted by Gasteiger charge is -2.23. The summed E-state index contributed by atoms with van der Waals surface area (Å²) in [5.74, 6) is 0.562. The topological polar surface area (TPSA) is 58.9 Å². The molecule has 150 valence electrons.